The van der Waals surface area contributed by atoms with Crippen LogP contribution in [0.5, 0.6) is 0 Å². The number of aliphatic hydroxyl groups excluding tert-OH is 1. The summed E-state index contributed by atoms with van der Waals surface area (Å²) in [7, 11) is 0. The molecule has 7 heteroatoms. The van der Waals surface area contributed by atoms with E-state index in [1.165, 1.54) is 0 Å². The first-order valence-corrected chi connectivity index (χ1v) is 15.6. The van der Waals surface area contributed by atoms with Gasteiger partial charge < -0.3 is 24.5 Å². The number of benzene rings is 5. The molecule has 1 aliphatic heterocycles. The third kappa shape index (κ3) is 6.62. The van der Waals surface area contributed by atoms with Gasteiger partial charge in [0.05, 0.1) is 42.7 Å². The second-order valence-corrected chi connectivity index (χ2v) is 11.6. The molecule has 2 heterocycles. The molecule has 1 aromatic heterocycles. The first-order chi connectivity index (χ1) is 22.6. The lowest BCUT2D eigenvalue weighted by molar-refractivity contribution is -0.252. The zero-order valence-electron chi connectivity index (χ0n) is 25.3. The summed E-state index contributed by atoms with van der Waals surface area (Å²) in [5.74, 6) is -0.0926. The number of rotatable bonds is 9. The minimum Gasteiger partial charge on any atom is -0.392 e. The maximum atomic E-state index is 12.5. The van der Waals surface area contributed by atoms with E-state index in [2.05, 4.69) is 57.3 Å². The summed E-state index contributed by atoms with van der Waals surface area (Å²) in [4.78, 5) is 17.1. The minimum atomic E-state index is -0.551. The van der Waals surface area contributed by atoms with E-state index >= 15 is 0 Å². The average molecular weight is 610 g/mol. The molecule has 0 bridgehead atoms. The molecule has 3 atom stereocenters. The Morgan fingerprint density at radius 1 is 0.783 bits per heavy atom. The fourth-order valence-corrected chi connectivity index (χ4v) is 5.98. The summed E-state index contributed by atoms with van der Waals surface area (Å²) < 4.78 is 15.3. The van der Waals surface area contributed by atoms with Crippen LogP contribution in [0.4, 0.5) is 0 Å². The quantitative estimate of drug-likeness (QED) is 0.179. The molecule has 6 aromatic rings. The molecule has 0 spiro atoms. The molecule has 1 aliphatic rings. The van der Waals surface area contributed by atoms with Crippen molar-refractivity contribution < 1.29 is 19.4 Å². The van der Waals surface area contributed by atoms with Crippen molar-refractivity contribution >= 4 is 16.9 Å². The monoisotopic (exact) mass is 609 g/mol. The highest BCUT2D eigenvalue weighted by Gasteiger charge is 2.32. The lowest BCUT2D eigenvalue weighted by Crippen LogP contribution is -2.32. The van der Waals surface area contributed by atoms with Crippen LogP contribution in [0.1, 0.15) is 51.4 Å². The number of ether oxygens (including phenoxy) is 2. The Morgan fingerprint density at radius 2 is 1.54 bits per heavy atom. The van der Waals surface area contributed by atoms with Gasteiger partial charge in [0.1, 0.15) is 0 Å². The molecule has 0 unspecified atom stereocenters. The zero-order valence-corrected chi connectivity index (χ0v) is 25.3. The highest BCUT2D eigenvalue weighted by atomic mass is 16.7. The summed E-state index contributed by atoms with van der Waals surface area (Å²) in [5, 5.41) is 12.5. The SMILES string of the molecule is O=C(NCc1cccc(-c2ccc([C@@H]3O[C@H](Cn4cnc5ccccc54)C[C@H](c4ccc(CO)cc4)O3)cc2)c1)c1ccccc1. The maximum Gasteiger partial charge on any atom is 0.251 e. The number of carbonyl (C=O) groups is 1. The van der Waals surface area contributed by atoms with Gasteiger partial charge in [0.2, 0.25) is 0 Å². The van der Waals surface area contributed by atoms with E-state index < -0.39 is 6.29 Å². The van der Waals surface area contributed by atoms with Crippen LogP contribution >= 0.6 is 0 Å². The second kappa shape index (κ2) is 13.5. The van der Waals surface area contributed by atoms with Gasteiger partial charge >= 0.3 is 0 Å². The van der Waals surface area contributed by atoms with E-state index in [0.29, 0.717) is 25.1 Å². The fraction of sp³-hybridized carbons (Fsp3) is 0.179. The molecule has 2 N–H and O–H groups in total. The number of aliphatic hydroxyl groups is 1. The molecule has 0 radical (unpaired) electrons. The molecule has 5 aromatic carbocycles. The van der Waals surface area contributed by atoms with Gasteiger partial charge in [0.25, 0.3) is 5.91 Å². The van der Waals surface area contributed by atoms with E-state index in [1.807, 2.05) is 91.3 Å². The van der Waals surface area contributed by atoms with Gasteiger partial charge in [-0.05, 0) is 58.1 Å². The van der Waals surface area contributed by atoms with E-state index in [1.54, 1.807) is 0 Å². The van der Waals surface area contributed by atoms with Crippen LogP contribution in [0.25, 0.3) is 22.2 Å². The maximum absolute atomic E-state index is 12.5. The fourth-order valence-electron chi connectivity index (χ4n) is 5.98. The molecule has 1 saturated heterocycles. The second-order valence-electron chi connectivity index (χ2n) is 11.6. The number of aromatic nitrogens is 2. The zero-order chi connectivity index (χ0) is 31.3. The van der Waals surface area contributed by atoms with Gasteiger partial charge in [0.15, 0.2) is 6.29 Å². The number of para-hydroxylation sites is 2. The summed E-state index contributed by atoms with van der Waals surface area (Å²) in [6.07, 6.45) is 1.73. The van der Waals surface area contributed by atoms with Crippen molar-refractivity contribution in [2.24, 2.45) is 0 Å². The molecular weight excluding hydrogens is 574 g/mol. The van der Waals surface area contributed by atoms with Crippen molar-refractivity contribution in [2.45, 2.75) is 44.6 Å². The molecule has 230 valence electrons. The van der Waals surface area contributed by atoms with Gasteiger partial charge in [-0.15, -0.1) is 0 Å². The normalized spacial score (nSPS) is 18.0. The number of nitrogens with zero attached hydrogens (tertiary/aromatic N) is 2. The highest BCUT2D eigenvalue weighted by molar-refractivity contribution is 5.94. The number of imidazole rings is 1. The molecule has 7 nitrogen and oxygen atoms in total. The van der Waals surface area contributed by atoms with Crippen molar-refractivity contribution in [3.63, 3.8) is 0 Å². The summed E-state index contributed by atoms with van der Waals surface area (Å²) in [6.45, 7) is 1.10. The molecule has 0 saturated carbocycles. The third-order valence-electron chi connectivity index (χ3n) is 8.47. The van der Waals surface area contributed by atoms with E-state index in [0.717, 1.165) is 44.4 Å². The Kier molecular flexibility index (Phi) is 8.69. The predicted molar refractivity (Wildman–Crippen MR) is 178 cm³/mol. The number of hydrogen-bond acceptors (Lipinski definition) is 5. The Labute approximate surface area is 268 Å². The Bertz CT molecular complexity index is 1920. The largest absolute Gasteiger partial charge is 0.392 e. The topological polar surface area (TPSA) is 85.6 Å². The predicted octanol–water partition coefficient (Wildman–Crippen LogP) is 7.37. The molecule has 1 amide bonds. The van der Waals surface area contributed by atoms with Gasteiger partial charge in [0, 0.05) is 24.1 Å². The first-order valence-electron chi connectivity index (χ1n) is 15.6. The number of carbonyl (C=O) groups excluding carboxylic acids is 1. The number of amides is 1. The Hall–Kier alpha value is -5.08. The van der Waals surface area contributed by atoms with Crippen LogP contribution in [-0.2, 0) is 29.2 Å². The van der Waals surface area contributed by atoms with E-state index in [9.17, 15) is 9.90 Å². The summed E-state index contributed by atoms with van der Waals surface area (Å²) >= 11 is 0. The van der Waals surface area contributed by atoms with Crippen molar-refractivity contribution in [3.05, 3.63) is 162 Å². The standard InChI is InChI=1S/C39H35N3O4/c43-25-27-13-15-30(16-14-27)37-22-34(24-42-26-41-35-11-4-5-12-36(35)42)45-39(46-37)32-19-17-29(18-20-32)33-10-6-7-28(21-33)23-40-38(44)31-8-2-1-3-9-31/h1-21,26,34,37,39,43H,22-25H2,(H,40,44)/t34-,37+,39+/m0/s1. The van der Waals surface area contributed by atoms with Crippen LogP contribution in [0.2, 0.25) is 0 Å². The molecule has 46 heavy (non-hydrogen) atoms. The van der Waals surface area contributed by atoms with Gasteiger partial charge in [-0.3, -0.25) is 4.79 Å². The number of nitrogens with one attached hydrogen (secondary N) is 1. The van der Waals surface area contributed by atoms with Crippen molar-refractivity contribution in [3.8, 4) is 11.1 Å². The third-order valence-corrected chi connectivity index (χ3v) is 8.47. The van der Waals surface area contributed by atoms with Crippen LogP contribution in [0.3, 0.4) is 0 Å². The Morgan fingerprint density at radius 3 is 2.35 bits per heavy atom. The van der Waals surface area contributed by atoms with Crippen LogP contribution in [0.15, 0.2) is 134 Å². The number of fused-ring (bicyclic) bond motifs is 1. The van der Waals surface area contributed by atoms with Crippen molar-refractivity contribution in [1.29, 1.82) is 0 Å². The van der Waals surface area contributed by atoms with Gasteiger partial charge in [-0.2, -0.15) is 0 Å². The smallest absolute Gasteiger partial charge is 0.251 e. The van der Waals surface area contributed by atoms with Crippen molar-refractivity contribution in [1.82, 2.24) is 14.9 Å². The van der Waals surface area contributed by atoms with Crippen molar-refractivity contribution in [2.75, 3.05) is 0 Å². The average Bonchev–Trinajstić information content (AvgIpc) is 3.53. The molecule has 0 aliphatic carbocycles. The molecule has 1 fully saturated rings. The van der Waals surface area contributed by atoms with E-state index in [4.69, 9.17) is 9.47 Å². The number of hydrogen-bond donors (Lipinski definition) is 2. The molecular formula is C39H35N3O4. The first kappa shape index (κ1) is 29.6. The lowest BCUT2D eigenvalue weighted by Gasteiger charge is -2.36. The van der Waals surface area contributed by atoms with Crippen LogP contribution in [-0.4, -0.2) is 26.7 Å². The minimum absolute atomic E-state index is 0.00541. The summed E-state index contributed by atoms with van der Waals surface area (Å²) in [6, 6.07) is 41.8. The van der Waals surface area contributed by atoms with Crippen LogP contribution in [0, 0.1) is 0 Å². The van der Waals surface area contributed by atoms with Gasteiger partial charge in [-0.1, -0.05) is 97.1 Å². The highest BCUT2D eigenvalue weighted by Crippen LogP contribution is 2.39. The van der Waals surface area contributed by atoms with E-state index in [-0.39, 0.29) is 24.7 Å². The van der Waals surface area contributed by atoms with Crippen LogP contribution < -0.4 is 5.32 Å². The summed E-state index contributed by atoms with van der Waals surface area (Å²) in [5.41, 5.74) is 8.69. The lowest BCUT2D eigenvalue weighted by atomic mass is 9.99. The van der Waals surface area contributed by atoms with Gasteiger partial charge in [-0.25, -0.2) is 4.98 Å². The molecule has 7 rings (SSSR count). The Balaban J connectivity index is 1.09.